The van der Waals surface area contributed by atoms with E-state index in [1.807, 2.05) is 18.2 Å². The molecule has 0 aromatic heterocycles. The van der Waals surface area contributed by atoms with Crippen LogP contribution in [-0.4, -0.2) is 0 Å². The van der Waals surface area contributed by atoms with Gasteiger partial charge in [-0.15, -0.1) is 0 Å². The van der Waals surface area contributed by atoms with Gasteiger partial charge in [0.1, 0.15) is 0 Å². The average Bonchev–Trinajstić information content (AvgIpc) is 2.90. The number of nitrogens with zero attached hydrogens (tertiary/aromatic N) is 1. The van der Waals surface area contributed by atoms with Crippen molar-refractivity contribution in [3.8, 4) is 28.3 Å². The van der Waals surface area contributed by atoms with E-state index in [2.05, 4.69) is 105 Å². The average molecular weight is 446 g/mol. The molecule has 0 radical (unpaired) electrons. The van der Waals surface area contributed by atoms with E-state index in [1.54, 1.807) is 0 Å². The molecular weight excluding hydrogens is 422 g/mol. The molecule has 35 heavy (non-hydrogen) atoms. The Hall–Kier alpha value is -4.41. The third-order valence-corrected chi connectivity index (χ3v) is 7.82. The van der Waals surface area contributed by atoms with Gasteiger partial charge < -0.3 is 0 Å². The number of nitriles is 1. The summed E-state index contributed by atoms with van der Waals surface area (Å²) in [6.07, 6.45) is 0. The molecule has 164 valence electrons. The van der Waals surface area contributed by atoms with E-state index in [-0.39, 0.29) is 5.41 Å². The lowest BCUT2D eigenvalue weighted by Gasteiger charge is -2.37. The second-order valence-corrected chi connectivity index (χ2v) is 10.1. The maximum Gasteiger partial charge on any atom is 0.0991 e. The van der Waals surface area contributed by atoms with Gasteiger partial charge in [0.2, 0.25) is 0 Å². The summed E-state index contributed by atoms with van der Waals surface area (Å²) in [4.78, 5) is 0. The highest BCUT2D eigenvalue weighted by Crippen LogP contribution is 2.53. The molecule has 0 saturated carbocycles. The van der Waals surface area contributed by atoms with Crippen LogP contribution < -0.4 is 0 Å². The molecule has 1 aliphatic rings. The van der Waals surface area contributed by atoms with Crippen LogP contribution in [0.15, 0.2) is 103 Å². The van der Waals surface area contributed by atoms with Crippen LogP contribution in [0.25, 0.3) is 54.6 Å². The highest BCUT2D eigenvalue weighted by molar-refractivity contribution is 6.20. The van der Waals surface area contributed by atoms with Crippen molar-refractivity contribution in [3.63, 3.8) is 0 Å². The van der Waals surface area contributed by atoms with Crippen molar-refractivity contribution in [2.24, 2.45) is 0 Å². The quantitative estimate of drug-likeness (QED) is 0.232. The summed E-state index contributed by atoms with van der Waals surface area (Å²) < 4.78 is 0. The first-order valence-electron chi connectivity index (χ1n) is 12.1. The van der Waals surface area contributed by atoms with Crippen molar-refractivity contribution in [2.75, 3.05) is 0 Å². The van der Waals surface area contributed by atoms with E-state index in [4.69, 9.17) is 0 Å². The van der Waals surface area contributed by atoms with Gasteiger partial charge in [-0.05, 0) is 83.9 Å². The van der Waals surface area contributed by atoms with Gasteiger partial charge in [0.05, 0.1) is 11.6 Å². The van der Waals surface area contributed by atoms with Gasteiger partial charge in [-0.3, -0.25) is 0 Å². The van der Waals surface area contributed by atoms with Crippen LogP contribution in [0.4, 0.5) is 0 Å². The second-order valence-electron chi connectivity index (χ2n) is 10.1. The molecule has 0 unspecified atom stereocenters. The number of rotatable bonds is 1. The maximum atomic E-state index is 9.44. The SMILES string of the molecule is CC1(C)c2ccccc2-c2cccc3c(-c4ccc5ccc(C#N)cc5c4)c4ccccc4c1c23. The van der Waals surface area contributed by atoms with Crippen LogP contribution in [-0.2, 0) is 5.41 Å². The first kappa shape index (κ1) is 20.0. The lowest BCUT2D eigenvalue weighted by molar-refractivity contribution is 0.651. The zero-order valence-corrected chi connectivity index (χ0v) is 19.8. The normalized spacial score (nSPS) is 13.6. The Balaban J connectivity index is 1.68. The molecule has 6 aromatic carbocycles. The monoisotopic (exact) mass is 445 g/mol. The lowest BCUT2D eigenvalue weighted by atomic mass is 9.66. The topological polar surface area (TPSA) is 23.8 Å². The second kappa shape index (κ2) is 7.05. The minimum atomic E-state index is -0.119. The summed E-state index contributed by atoms with van der Waals surface area (Å²) in [5, 5.41) is 16.9. The van der Waals surface area contributed by atoms with E-state index in [9.17, 15) is 5.26 Å². The molecular formula is C34H23N. The molecule has 0 spiro atoms. The third kappa shape index (κ3) is 2.69. The Kier molecular flexibility index (Phi) is 4.03. The van der Waals surface area contributed by atoms with Crippen molar-refractivity contribution in [1.82, 2.24) is 0 Å². The van der Waals surface area contributed by atoms with Crippen LogP contribution in [0.3, 0.4) is 0 Å². The number of benzene rings is 6. The fraction of sp³-hybridized carbons (Fsp3) is 0.0882. The number of hydrogen-bond donors (Lipinski definition) is 0. The molecule has 1 heteroatoms. The van der Waals surface area contributed by atoms with Crippen molar-refractivity contribution in [2.45, 2.75) is 19.3 Å². The van der Waals surface area contributed by atoms with Crippen LogP contribution >= 0.6 is 0 Å². The standard InChI is InChI=1S/C34H23N/c1-34(2)30-13-6-5-8-25(30)26-11-7-12-29-31(27-9-3-4-10-28(27)33(34)32(26)29)23-17-16-22-15-14-21(20-35)18-24(22)19-23/h3-19H,1-2H3. The maximum absolute atomic E-state index is 9.44. The van der Waals surface area contributed by atoms with Gasteiger partial charge in [0.25, 0.3) is 0 Å². The molecule has 7 rings (SSSR count). The first-order valence-corrected chi connectivity index (χ1v) is 12.1. The van der Waals surface area contributed by atoms with Gasteiger partial charge in [0, 0.05) is 5.41 Å². The van der Waals surface area contributed by atoms with E-state index in [0.717, 1.165) is 10.8 Å². The lowest BCUT2D eigenvalue weighted by Crippen LogP contribution is -2.24. The Morgan fingerprint density at radius 2 is 1.34 bits per heavy atom. The molecule has 1 nitrogen and oxygen atoms in total. The van der Waals surface area contributed by atoms with Crippen molar-refractivity contribution in [3.05, 3.63) is 120 Å². The molecule has 0 heterocycles. The van der Waals surface area contributed by atoms with E-state index < -0.39 is 0 Å². The molecule has 0 bridgehead atoms. The summed E-state index contributed by atoms with van der Waals surface area (Å²) in [5.74, 6) is 0. The first-order chi connectivity index (χ1) is 17.1. The minimum absolute atomic E-state index is 0.119. The zero-order chi connectivity index (χ0) is 23.7. The fourth-order valence-corrected chi connectivity index (χ4v) is 6.28. The molecule has 0 aliphatic heterocycles. The van der Waals surface area contributed by atoms with Gasteiger partial charge in [-0.2, -0.15) is 5.26 Å². The van der Waals surface area contributed by atoms with Gasteiger partial charge in [-0.1, -0.05) is 98.8 Å². The Morgan fingerprint density at radius 3 is 2.20 bits per heavy atom. The largest absolute Gasteiger partial charge is 0.192 e. The highest BCUT2D eigenvalue weighted by atomic mass is 14.4. The van der Waals surface area contributed by atoms with Gasteiger partial charge in [0.15, 0.2) is 0 Å². The molecule has 0 atom stereocenters. The van der Waals surface area contributed by atoms with Crippen molar-refractivity contribution < 1.29 is 0 Å². The number of fused-ring (bicyclic) bond motifs is 5. The number of hydrogen-bond acceptors (Lipinski definition) is 1. The van der Waals surface area contributed by atoms with Gasteiger partial charge in [-0.25, -0.2) is 0 Å². The Labute approximate surface area is 204 Å². The summed E-state index contributed by atoms with van der Waals surface area (Å²) >= 11 is 0. The summed E-state index contributed by atoms with van der Waals surface area (Å²) in [6.45, 7) is 4.73. The van der Waals surface area contributed by atoms with E-state index in [0.29, 0.717) is 5.56 Å². The summed E-state index contributed by atoms with van der Waals surface area (Å²) in [5.41, 5.74) is 8.45. The van der Waals surface area contributed by atoms with E-state index in [1.165, 1.54) is 54.9 Å². The molecule has 0 fully saturated rings. The Morgan fingerprint density at radius 1 is 0.629 bits per heavy atom. The molecule has 6 aromatic rings. The smallest absolute Gasteiger partial charge is 0.0991 e. The van der Waals surface area contributed by atoms with Crippen molar-refractivity contribution >= 4 is 32.3 Å². The third-order valence-electron chi connectivity index (χ3n) is 7.82. The van der Waals surface area contributed by atoms with Crippen LogP contribution in [0.1, 0.15) is 30.5 Å². The summed E-state index contributed by atoms with van der Waals surface area (Å²) in [7, 11) is 0. The van der Waals surface area contributed by atoms with E-state index >= 15 is 0 Å². The highest BCUT2D eigenvalue weighted by Gasteiger charge is 2.35. The predicted octanol–water partition coefficient (Wildman–Crippen LogP) is 8.99. The zero-order valence-electron chi connectivity index (χ0n) is 19.8. The van der Waals surface area contributed by atoms with Crippen LogP contribution in [0.2, 0.25) is 0 Å². The van der Waals surface area contributed by atoms with Crippen LogP contribution in [0, 0.1) is 11.3 Å². The fourth-order valence-electron chi connectivity index (χ4n) is 6.28. The summed E-state index contributed by atoms with van der Waals surface area (Å²) in [6, 6.07) is 39.3. The van der Waals surface area contributed by atoms with Crippen LogP contribution in [0.5, 0.6) is 0 Å². The minimum Gasteiger partial charge on any atom is -0.192 e. The molecule has 0 saturated heterocycles. The molecule has 0 N–H and O–H groups in total. The molecule has 0 amide bonds. The van der Waals surface area contributed by atoms with Gasteiger partial charge >= 0.3 is 0 Å². The molecule has 1 aliphatic carbocycles. The predicted molar refractivity (Wildman–Crippen MR) is 147 cm³/mol. The Bertz CT molecular complexity index is 1880. The van der Waals surface area contributed by atoms with Crippen molar-refractivity contribution in [1.29, 1.82) is 5.26 Å².